The normalized spacial score (nSPS) is 25.1. The van der Waals surface area contributed by atoms with E-state index in [2.05, 4.69) is 25.4 Å². The predicted octanol–water partition coefficient (Wildman–Crippen LogP) is 2.75. The number of nitrogens with one attached hydrogen (secondary N) is 2. The van der Waals surface area contributed by atoms with Crippen molar-refractivity contribution in [1.29, 1.82) is 0 Å². The number of imidazole rings is 1. The van der Waals surface area contributed by atoms with E-state index in [9.17, 15) is 14.5 Å². The maximum absolute atomic E-state index is 15.7. The molecule has 0 bridgehead atoms. The molecule has 3 aromatic rings. The minimum absolute atomic E-state index is 0.0931. The smallest absolute Gasteiger partial charge is 0.459 e. The number of fused-ring (bicyclic) bond motifs is 1. The van der Waals surface area contributed by atoms with Crippen molar-refractivity contribution in [3.63, 3.8) is 0 Å². The fraction of sp³-hybridized carbons (Fsp3) is 0.478. The lowest BCUT2D eigenvalue weighted by Gasteiger charge is -2.25. The van der Waals surface area contributed by atoms with E-state index in [0.717, 1.165) is 4.57 Å². The second-order valence-corrected chi connectivity index (χ2v) is 11.5. The zero-order valence-electron chi connectivity index (χ0n) is 22.0. The van der Waals surface area contributed by atoms with Crippen LogP contribution in [0.2, 0.25) is 0 Å². The quantitative estimate of drug-likeness (QED) is 0.143. The van der Waals surface area contributed by atoms with Gasteiger partial charge in [0.25, 0.3) is 5.13 Å². The molecule has 1 fully saturated rings. The number of aliphatic hydroxyl groups is 1. The van der Waals surface area contributed by atoms with Crippen LogP contribution in [0.25, 0.3) is 11.2 Å². The number of hydrogen-bond donors (Lipinski definition) is 4. The summed E-state index contributed by atoms with van der Waals surface area (Å²) >= 11 is 6.12. The van der Waals surface area contributed by atoms with Gasteiger partial charge in [-0.15, -0.1) is 0 Å². The number of esters is 1. The fourth-order valence-electron chi connectivity index (χ4n) is 3.89. The summed E-state index contributed by atoms with van der Waals surface area (Å²) in [5, 5.41) is 13.2. The summed E-state index contributed by atoms with van der Waals surface area (Å²) in [6, 6.07) is 6.93. The van der Waals surface area contributed by atoms with Gasteiger partial charge in [0.05, 0.1) is 19.0 Å². The van der Waals surface area contributed by atoms with Gasteiger partial charge in [-0.1, -0.05) is 29.8 Å². The van der Waals surface area contributed by atoms with Crippen molar-refractivity contribution in [1.82, 2.24) is 24.6 Å². The molecular formula is C23H30ClFN7O7P. The minimum atomic E-state index is -4.32. The van der Waals surface area contributed by atoms with Crippen molar-refractivity contribution < 1.29 is 37.4 Å². The fourth-order valence-corrected chi connectivity index (χ4v) is 5.69. The Kier molecular flexibility index (Phi) is 8.83. The summed E-state index contributed by atoms with van der Waals surface area (Å²) in [5.74, 6) is -0.376. The highest BCUT2D eigenvalue weighted by Crippen LogP contribution is 2.49. The van der Waals surface area contributed by atoms with Crippen molar-refractivity contribution in [2.75, 3.05) is 24.7 Å². The van der Waals surface area contributed by atoms with E-state index in [1.165, 1.54) is 25.4 Å². The lowest BCUT2D eigenvalue weighted by Crippen LogP contribution is -2.40. The van der Waals surface area contributed by atoms with Gasteiger partial charge in [0.15, 0.2) is 23.2 Å². The summed E-state index contributed by atoms with van der Waals surface area (Å²) in [6.45, 7) is 4.09. The maximum Gasteiger partial charge on any atom is 0.459 e. The molecule has 0 aliphatic carbocycles. The van der Waals surface area contributed by atoms with E-state index in [-0.39, 0.29) is 28.7 Å². The second kappa shape index (κ2) is 11.8. The van der Waals surface area contributed by atoms with Crippen molar-refractivity contribution >= 4 is 48.2 Å². The number of anilines is 2. The van der Waals surface area contributed by atoms with Gasteiger partial charge in [-0.05, 0) is 32.9 Å². The van der Waals surface area contributed by atoms with Gasteiger partial charge in [0.1, 0.15) is 24.0 Å². The van der Waals surface area contributed by atoms with Crippen molar-refractivity contribution in [3.8, 4) is 5.75 Å². The third kappa shape index (κ3) is 6.29. The molecule has 2 aromatic heterocycles. The molecule has 5 N–H and O–H groups in total. The molecule has 218 valence electrons. The second-order valence-electron chi connectivity index (χ2n) is 9.18. The summed E-state index contributed by atoms with van der Waals surface area (Å²) in [5.41, 5.74) is 6.12. The summed E-state index contributed by atoms with van der Waals surface area (Å²) in [4.78, 5) is 24.7. The van der Waals surface area contributed by atoms with Crippen LogP contribution in [0.15, 0.2) is 36.7 Å². The lowest BCUT2D eigenvalue weighted by atomic mass is 10.1. The van der Waals surface area contributed by atoms with Gasteiger partial charge in [-0.2, -0.15) is 15.1 Å². The number of carbonyl (C=O) groups excluding carboxylic acids is 1. The first-order valence-electron chi connectivity index (χ1n) is 12.2. The molecule has 0 radical (unpaired) electrons. The van der Waals surface area contributed by atoms with E-state index < -0.39 is 56.0 Å². The molecule has 1 saturated heterocycles. The SMILES string of the molecule is CNc1nc(N)nc2c1ncn2[C@@H]1O[C@H](COP(=O)(N[C@@H](C)C(=O)OC(C)C)Oc2ccccc2)[C@@H](O)[C@@]1(F)Cl. The predicted molar refractivity (Wildman–Crippen MR) is 143 cm³/mol. The average molecular weight is 602 g/mol. The number of hydrogen-bond acceptors (Lipinski definition) is 12. The van der Waals surface area contributed by atoms with Gasteiger partial charge in [0, 0.05) is 7.05 Å². The average Bonchev–Trinajstić information content (AvgIpc) is 3.40. The molecule has 6 atom stereocenters. The standard InChI is InChI=1S/C23H30ClFN7O7P/c1-12(2)37-20(34)13(3)31-40(35,39-14-8-6-5-7-9-14)36-10-15-17(33)23(24,25)21(38-15)32-11-28-16-18(27-4)29-22(26)30-19(16)32/h5-9,11-13,15,17,21,33H,10H2,1-4H3,(H,31,35)(H3,26,27,29,30)/t13-,15+,17+,21+,23-,40?/m0/s1. The number of halogens is 2. The van der Waals surface area contributed by atoms with Crippen molar-refractivity contribution in [2.24, 2.45) is 0 Å². The number of para-hydroxylation sites is 1. The van der Waals surface area contributed by atoms with Gasteiger partial charge in [-0.3, -0.25) is 13.9 Å². The molecule has 0 saturated carbocycles. The van der Waals surface area contributed by atoms with Crippen LogP contribution in [0, 0.1) is 0 Å². The number of nitrogens with two attached hydrogens (primary N) is 1. The molecule has 3 heterocycles. The number of nitrogen functional groups attached to an aromatic ring is 1. The van der Waals surface area contributed by atoms with Crippen LogP contribution >= 0.6 is 19.3 Å². The van der Waals surface area contributed by atoms with Crippen LogP contribution < -0.4 is 20.7 Å². The highest BCUT2D eigenvalue weighted by molar-refractivity contribution is 7.52. The van der Waals surface area contributed by atoms with Crippen molar-refractivity contribution in [2.45, 2.75) is 56.5 Å². The zero-order chi connectivity index (χ0) is 29.2. The Labute approximate surface area is 233 Å². The van der Waals surface area contributed by atoms with Gasteiger partial charge in [0.2, 0.25) is 5.95 Å². The highest BCUT2D eigenvalue weighted by atomic mass is 35.5. The number of aromatic nitrogens is 4. The Balaban J connectivity index is 1.56. The number of benzene rings is 1. The first-order chi connectivity index (χ1) is 18.8. The first-order valence-corrected chi connectivity index (χ1v) is 14.1. The monoisotopic (exact) mass is 601 g/mol. The number of ether oxygens (including phenoxy) is 2. The highest BCUT2D eigenvalue weighted by Gasteiger charge is 2.58. The van der Waals surface area contributed by atoms with E-state index >= 15 is 4.39 Å². The zero-order valence-corrected chi connectivity index (χ0v) is 23.7. The number of carbonyl (C=O) groups is 1. The molecule has 17 heteroatoms. The number of alkyl halides is 2. The molecular weight excluding hydrogens is 572 g/mol. The van der Waals surface area contributed by atoms with E-state index in [1.807, 2.05) is 0 Å². The Morgan fingerprint density at radius 2 is 2.02 bits per heavy atom. The maximum atomic E-state index is 15.7. The van der Waals surface area contributed by atoms with Gasteiger partial charge >= 0.3 is 13.7 Å². The number of nitrogens with zero attached hydrogens (tertiary/aromatic N) is 4. The molecule has 4 rings (SSSR count). The largest absolute Gasteiger partial charge is 0.462 e. The van der Waals surface area contributed by atoms with Crippen LogP contribution in [0.4, 0.5) is 16.2 Å². The molecule has 1 aromatic carbocycles. The molecule has 1 unspecified atom stereocenters. The topological polar surface area (TPSA) is 185 Å². The molecule has 1 aliphatic heterocycles. The Bertz CT molecular complexity index is 1400. The third-order valence-corrected chi connectivity index (χ3v) is 7.80. The van der Waals surface area contributed by atoms with Crippen LogP contribution in [-0.2, 0) is 23.4 Å². The third-order valence-electron chi connectivity index (χ3n) is 5.74. The van der Waals surface area contributed by atoms with Crippen LogP contribution in [-0.4, -0.2) is 73.7 Å². The van der Waals surface area contributed by atoms with Gasteiger partial charge in [-0.25, -0.2) is 13.9 Å². The Morgan fingerprint density at radius 1 is 1.32 bits per heavy atom. The van der Waals surface area contributed by atoms with Gasteiger partial charge < -0.3 is 30.2 Å². The minimum Gasteiger partial charge on any atom is -0.462 e. The molecule has 0 spiro atoms. The van der Waals surface area contributed by atoms with E-state index in [1.54, 1.807) is 39.1 Å². The molecule has 0 amide bonds. The van der Waals surface area contributed by atoms with E-state index in [0.29, 0.717) is 0 Å². The molecule has 40 heavy (non-hydrogen) atoms. The Hall–Kier alpha value is -3.07. The van der Waals surface area contributed by atoms with Crippen LogP contribution in [0.3, 0.4) is 0 Å². The van der Waals surface area contributed by atoms with E-state index in [4.69, 9.17) is 35.9 Å². The molecule has 1 aliphatic rings. The first kappa shape index (κ1) is 29.9. The lowest BCUT2D eigenvalue weighted by molar-refractivity contribution is -0.149. The van der Waals surface area contributed by atoms with Crippen LogP contribution in [0.1, 0.15) is 27.0 Å². The summed E-state index contributed by atoms with van der Waals surface area (Å²) in [6.07, 6.45) is -4.22. The summed E-state index contributed by atoms with van der Waals surface area (Å²) < 4.78 is 52.6. The van der Waals surface area contributed by atoms with Crippen molar-refractivity contribution in [3.05, 3.63) is 36.7 Å². The Morgan fingerprint density at radius 3 is 2.67 bits per heavy atom. The molecule has 14 nitrogen and oxygen atoms in total. The van der Waals surface area contributed by atoms with Crippen LogP contribution in [0.5, 0.6) is 5.75 Å². The number of rotatable bonds is 11. The summed E-state index contributed by atoms with van der Waals surface area (Å²) in [7, 11) is -2.73. The number of aliphatic hydroxyl groups excluding tert-OH is 1.